The van der Waals surface area contributed by atoms with Crippen LogP contribution in [0.25, 0.3) is 0 Å². The quantitative estimate of drug-likeness (QED) is 0.324. The zero-order chi connectivity index (χ0) is 15.8. The van der Waals surface area contributed by atoms with Gasteiger partial charge in [0.25, 0.3) is 0 Å². The molecule has 1 saturated heterocycles. The number of halogens is 1. The largest absolute Gasteiger partial charge is 0.396 e. The number of aliphatic hydroxyl groups is 1. The van der Waals surface area contributed by atoms with Gasteiger partial charge in [0, 0.05) is 38.8 Å². The highest BCUT2D eigenvalue weighted by Gasteiger charge is 2.32. The average molecular weight is 429 g/mol. The van der Waals surface area contributed by atoms with Crippen molar-refractivity contribution in [3.63, 3.8) is 0 Å². The lowest BCUT2D eigenvalue weighted by atomic mass is 9.81. The molecule has 0 bridgehead atoms. The molecule has 0 aliphatic carbocycles. The summed E-state index contributed by atoms with van der Waals surface area (Å²) in [6, 6.07) is 0. The first-order valence-electron chi connectivity index (χ1n) is 7.73. The van der Waals surface area contributed by atoms with Crippen molar-refractivity contribution in [1.29, 1.82) is 0 Å². The Bertz CT molecular complexity index is 332. The summed E-state index contributed by atoms with van der Waals surface area (Å²) in [6.45, 7) is 9.73. The van der Waals surface area contributed by atoms with Crippen molar-refractivity contribution in [2.75, 3.05) is 46.6 Å². The Morgan fingerprint density at radius 2 is 1.95 bits per heavy atom. The van der Waals surface area contributed by atoms with E-state index in [1.807, 2.05) is 20.8 Å². The lowest BCUT2D eigenvalue weighted by Crippen LogP contribution is -2.47. The second-order valence-corrected chi connectivity index (χ2v) is 6.28. The molecule has 7 heteroatoms. The van der Waals surface area contributed by atoms with Gasteiger partial charge in [0.2, 0.25) is 0 Å². The van der Waals surface area contributed by atoms with E-state index in [9.17, 15) is 5.11 Å². The summed E-state index contributed by atoms with van der Waals surface area (Å²) >= 11 is 0. The van der Waals surface area contributed by atoms with Crippen LogP contribution in [0.15, 0.2) is 4.99 Å². The minimum Gasteiger partial charge on any atom is -0.396 e. The summed E-state index contributed by atoms with van der Waals surface area (Å²) in [5.41, 5.74) is -0.388. The van der Waals surface area contributed by atoms with Gasteiger partial charge in [-0.2, -0.15) is 0 Å². The molecule has 0 radical (unpaired) electrons. The van der Waals surface area contributed by atoms with Crippen LogP contribution >= 0.6 is 24.0 Å². The van der Waals surface area contributed by atoms with Crippen LogP contribution in [-0.2, 0) is 9.47 Å². The summed E-state index contributed by atoms with van der Waals surface area (Å²) in [5.74, 6) is 0.766. The van der Waals surface area contributed by atoms with Crippen LogP contribution in [-0.4, -0.2) is 63.2 Å². The molecule has 6 nitrogen and oxygen atoms in total. The average Bonchev–Trinajstić information content (AvgIpc) is 2.51. The molecule has 0 spiro atoms. The van der Waals surface area contributed by atoms with Crippen molar-refractivity contribution in [3.8, 4) is 0 Å². The highest BCUT2D eigenvalue weighted by Crippen LogP contribution is 2.28. The standard InChI is InChI=1S/C15H31N3O3.HI/c1-5-16-13(17-10-14(2,3)20-4)18-11-15(12-19)6-8-21-9-7-15;/h19H,5-12H2,1-4H3,(H2,16,17,18);1H. The van der Waals surface area contributed by atoms with Crippen LogP contribution in [0.3, 0.4) is 0 Å². The number of ether oxygens (including phenoxy) is 2. The predicted molar refractivity (Wildman–Crippen MR) is 100 cm³/mol. The van der Waals surface area contributed by atoms with E-state index < -0.39 is 0 Å². The second kappa shape index (κ2) is 10.6. The van der Waals surface area contributed by atoms with E-state index in [1.165, 1.54) is 0 Å². The Labute approximate surface area is 151 Å². The van der Waals surface area contributed by atoms with Crippen molar-refractivity contribution in [2.24, 2.45) is 10.4 Å². The minimum atomic E-state index is -0.282. The smallest absolute Gasteiger partial charge is 0.191 e. The highest BCUT2D eigenvalue weighted by atomic mass is 127. The molecule has 1 rings (SSSR count). The van der Waals surface area contributed by atoms with E-state index >= 15 is 0 Å². The highest BCUT2D eigenvalue weighted by molar-refractivity contribution is 14.0. The van der Waals surface area contributed by atoms with Gasteiger partial charge < -0.3 is 25.2 Å². The molecule has 1 fully saturated rings. The van der Waals surface area contributed by atoms with Crippen molar-refractivity contribution in [3.05, 3.63) is 0 Å². The molecule has 0 aromatic rings. The van der Waals surface area contributed by atoms with Gasteiger partial charge in [0.05, 0.1) is 18.8 Å². The molecule has 0 saturated carbocycles. The number of hydrogen-bond acceptors (Lipinski definition) is 4. The van der Waals surface area contributed by atoms with Gasteiger partial charge in [-0.15, -0.1) is 24.0 Å². The van der Waals surface area contributed by atoms with E-state index in [4.69, 9.17) is 9.47 Å². The second-order valence-electron chi connectivity index (χ2n) is 6.28. The van der Waals surface area contributed by atoms with Crippen molar-refractivity contribution < 1.29 is 14.6 Å². The third-order valence-corrected chi connectivity index (χ3v) is 4.03. The lowest BCUT2D eigenvalue weighted by Gasteiger charge is -2.36. The number of guanidine groups is 1. The van der Waals surface area contributed by atoms with E-state index in [1.54, 1.807) is 7.11 Å². The van der Waals surface area contributed by atoms with Crippen LogP contribution in [0.4, 0.5) is 0 Å². The van der Waals surface area contributed by atoms with Crippen molar-refractivity contribution in [2.45, 2.75) is 39.2 Å². The molecule has 1 heterocycles. The first kappa shape index (κ1) is 21.9. The third-order valence-electron chi connectivity index (χ3n) is 4.03. The normalized spacial score (nSPS) is 18.5. The van der Waals surface area contributed by atoms with Gasteiger partial charge in [0.1, 0.15) is 0 Å². The molecule has 0 unspecified atom stereocenters. The Morgan fingerprint density at radius 3 is 2.45 bits per heavy atom. The summed E-state index contributed by atoms with van der Waals surface area (Å²) < 4.78 is 10.8. The maximum atomic E-state index is 9.71. The van der Waals surface area contributed by atoms with Crippen LogP contribution in [0, 0.1) is 5.41 Å². The topological polar surface area (TPSA) is 75.1 Å². The zero-order valence-corrected chi connectivity index (χ0v) is 16.6. The molecular formula is C15H32IN3O3. The third kappa shape index (κ3) is 7.43. The molecule has 3 N–H and O–H groups in total. The van der Waals surface area contributed by atoms with E-state index in [-0.39, 0.29) is 41.6 Å². The summed E-state index contributed by atoms with van der Waals surface area (Å²) in [4.78, 5) is 4.56. The van der Waals surface area contributed by atoms with Crippen LogP contribution in [0.1, 0.15) is 33.6 Å². The fourth-order valence-corrected chi connectivity index (χ4v) is 2.14. The first-order valence-corrected chi connectivity index (χ1v) is 7.73. The molecule has 1 aliphatic heterocycles. The van der Waals surface area contributed by atoms with Gasteiger partial charge in [0.15, 0.2) is 5.96 Å². The number of methoxy groups -OCH3 is 1. The molecule has 0 aromatic carbocycles. The summed E-state index contributed by atoms with van der Waals surface area (Å²) in [5, 5.41) is 16.3. The van der Waals surface area contributed by atoms with E-state index in [2.05, 4.69) is 15.6 Å². The number of aliphatic hydroxyl groups excluding tert-OH is 1. The van der Waals surface area contributed by atoms with Crippen LogP contribution in [0.5, 0.6) is 0 Å². The summed E-state index contributed by atoms with van der Waals surface area (Å²) in [7, 11) is 1.69. The van der Waals surface area contributed by atoms with E-state index in [0.717, 1.165) is 25.3 Å². The molecular weight excluding hydrogens is 397 g/mol. The molecule has 0 amide bonds. The van der Waals surface area contributed by atoms with Gasteiger partial charge in [-0.1, -0.05) is 0 Å². The molecule has 22 heavy (non-hydrogen) atoms. The number of hydrogen-bond donors (Lipinski definition) is 3. The molecule has 1 aliphatic rings. The molecule has 0 atom stereocenters. The molecule has 0 aromatic heterocycles. The zero-order valence-electron chi connectivity index (χ0n) is 14.3. The van der Waals surface area contributed by atoms with Gasteiger partial charge in [-0.05, 0) is 33.6 Å². The van der Waals surface area contributed by atoms with Crippen LogP contribution < -0.4 is 10.6 Å². The number of nitrogens with one attached hydrogen (secondary N) is 2. The fourth-order valence-electron chi connectivity index (χ4n) is 2.14. The Kier molecular flexibility index (Phi) is 10.6. The Balaban J connectivity index is 0.00000441. The molecule has 132 valence electrons. The Hall–Kier alpha value is -0.120. The van der Waals surface area contributed by atoms with Crippen molar-refractivity contribution in [1.82, 2.24) is 10.6 Å². The van der Waals surface area contributed by atoms with Gasteiger partial charge in [-0.25, -0.2) is 0 Å². The monoisotopic (exact) mass is 429 g/mol. The fraction of sp³-hybridized carbons (Fsp3) is 0.933. The maximum Gasteiger partial charge on any atom is 0.191 e. The number of nitrogens with zero attached hydrogens (tertiary/aromatic N) is 1. The van der Waals surface area contributed by atoms with Gasteiger partial charge in [-0.3, -0.25) is 4.99 Å². The Morgan fingerprint density at radius 1 is 1.32 bits per heavy atom. The number of aliphatic imine (C=N–C) groups is 1. The van der Waals surface area contributed by atoms with E-state index in [0.29, 0.717) is 26.3 Å². The minimum absolute atomic E-state index is 0. The lowest BCUT2D eigenvalue weighted by molar-refractivity contribution is -0.0132. The van der Waals surface area contributed by atoms with Crippen LogP contribution in [0.2, 0.25) is 0 Å². The first-order chi connectivity index (χ1) is 9.97. The SMILES string of the molecule is CCNC(=NCC(C)(C)OC)NCC1(CO)CCOCC1.I. The predicted octanol–water partition coefficient (Wildman–Crippen LogP) is 1.37. The summed E-state index contributed by atoms with van der Waals surface area (Å²) in [6.07, 6.45) is 1.75. The maximum absolute atomic E-state index is 9.71. The van der Waals surface area contributed by atoms with Gasteiger partial charge >= 0.3 is 0 Å². The van der Waals surface area contributed by atoms with Crippen molar-refractivity contribution >= 4 is 29.9 Å². The number of rotatable bonds is 7.